The Labute approximate surface area is 184 Å². The molecular weight excluding hydrogens is 440 g/mol. The Balaban J connectivity index is 1.43. The van der Waals surface area contributed by atoms with Gasteiger partial charge in [-0.05, 0) is 17.7 Å². The second-order valence-corrected chi connectivity index (χ2v) is 8.14. The van der Waals surface area contributed by atoms with Crippen LogP contribution in [-0.4, -0.2) is 41.6 Å². The molecule has 0 aliphatic carbocycles. The summed E-state index contributed by atoms with van der Waals surface area (Å²) in [7, 11) is 0. The predicted octanol–water partition coefficient (Wildman–Crippen LogP) is 0.696. The average molecular weight is 457 g/mol. The van der Waals surface area contributed by atoms with E-state index in [2.05, 4.69) is 25.4 Å². The van der Waals surface area contributed by atoms with Gasteiger partial charge in [0.15, 0.2) is 16.9 Å². The third-order valence-electron chi connectivity index (χ3n) is 4.09. The van der Waals surface area contributed by atoms with Crippen LogP contribution in [0, 0.1) is 6.92 Å². The Morgan fingerprint density at radius 2 is 1.94 bits per heavy atom. The summed E-state index contributed by atoms with van der Waals surface area (Å²) in [5, 5.41) is 24.7. The van der Waals surface area contributed by atoms with Gasteiger partial charge in [-0.25, -0.2) is 14.6 Å². The van der Waals surface area contributed by atoms with E-state index in [4.69, 9.17) is 10.4 Å². The summed E-state index contributed by atoms with van der Waals surface area (Å²) in [6, 6.07) is 8.92. The summed E-state index contributed by atoms with van der Waals surface area (Å²) in [6.45, 7) is 1.93. The van der Waals surface area contributed by atoms with Gasteiger partial charge in [-0.2, -0.15) is 0 Å². The molecule has 4 aromatic rings. The maximum absolute atomic E-state index is 12.7. The smallest absolute Gasteiger partial charge is 0.307 e. The molecule has 4 rings (SSSR count). The largest absolute Gasteiger partial charge is 0.539 e. The minimum Gasteiger partial charge on any atom is -0.539 e. The molecule has 0 aliphatic heterocycles. The van der Waals surface area contributed by atoms with Crippen LogP contribution in [-0.2, 0) is 5.75 Å². The summed E-state index contributed by atoms with van der Waals surface area (Å²) in [4.78, 5) is 21.0. The SMILES string of the molecule is Cc1ccc(-[n+]2noc([O-])c2C(=O)CSc2nnc(CSc3ncccn3)n2N)cc1. The van der Waals surface area contributed by atoms with Gasteiger partial charge in [-0.15, -0.1) is 10.2 Å². The van der Waals surface area contributed by atoms with E-state index in [1.54, 1.807) is 30.6 Å². The van der Waals surface area contributed by atoms with Crippen LogP contribution in [0.15, 0.2) is 57.6 Å². The minimum absolute atomic E-state index is 0.0907. The Bertz CT molecular complexity index is 1190. The molecule has 158 valence electrons. The Morgan fingerprint density at radius 1 is 1.19 bits per heavy atom. The van der Waals surface area contributed by atoms with Gasteiger partial charge in [0.1, 0.15) is 0 Å². The standard InChI is InChI=1S/C18H16N8O3S2/c1-11-3-5-12(6-4-11)26-15(16(28)29-24-26)13(27)9-31-18-23-22-14(25(18)19)10-30-17-20-7-2-8-21-17/h2-8H,9-10,19H2,1H3. The van der Waals surface area contributed by atoms with E-state index in [0.29, 0.717) is 27.6 Å². The molecule has 13 heteroatoms. The van der Waals surface area contributed by atoms with Crippen molar-refractivity contribution in [2.24, 2.45) is 0 Å². The average Bonchev–Trinajstić information content (AvgIpc) is 3.34. The Hall–Kier alpha value is -3.45. The number of nitrogen functional groups attached to an aromatic ring is 1. The van der Waals surface area contributed by atoms with E-state index < -0.39 is 11.7 Å². The number of hydrogen-bond donors (Lipinski definition) is 1. The lowest BCUT2D eigenvalue weighted by molar-refractivity contribution is -0.672. The van der Waals surface area contributed by atoms with Crippen molar-refractivity contribution in [3.63, 3.8) is 0 Å². The Kier molecular flexibility index (Phi) is 6.13. The number of benzene rings is 1. The van der Waals surface area contributed by atoms with Crippen LogP contribution < -0.4 is 15.6 Å². The van der Waals surface area contributed by atoms with Crippen molar-refractivity contribution in [1.82, 2.24) is 30.1 Å². The van der Waals surface area contributed by atoms with Crippen LogP contribution in [0.1, 0.15) is 21.9 Å². The molecule has 0 atom stereocenters. The number of rotatable bonds is 8. The predicted molar refractivity (Wildman–Crippen MR) is 109 cm³/mol. The normalized spacial score (nSPS) is 11.0. The number of aromatic nitrogens is 7. The van der Waals surface area contributed by atoms with Crippen LogP contribution in [0.3, 0.4) is 0 Å². The molecule has 0 radical (unpaired) electrons. The first-order chi connectivity index (χ1) is 15.0. The lowest BCUT2D eigenvalue weighted by Gasteiger charge is -2.03. The van der Waals surface area contributed by atoms with Crippen molar-refractivity contribution in [1.29, 1.82) is 0 Å². The van der Waals surface area contributed by atoms with E-state index in [9.17, 15) is 9.90 Å². The van der Waals surface area contributed by atoms with Crippen molar-refractivity contribution < 1.29 is 19.1 Å². The number of nitrogens with zero attached hydrogens (tertiary/aromatic N) is 7. The fourth-order valence-electron chi connectivity index (χ4n) is 2.53. The monoisotopic (exact) mass is 456 g/mol. The number of carbonyl (C=O) groups excluding carboxylic acids is 1. The molecule has 0 saturated heterocycles. The molecule has 31 heavy (non-hydrogen) atoms. The number of aryl methyl sites for hydroxylation is 1. The third-order valence-corrected chi connectivity index (χ3v) is 5.91. The number of thioether (sulfide) groups is 2. The highest BCUT2D eigenvalue weighted by Crippen LogP contribution is 2.22. The van der Waals surface area contributed by atoms with Crippen LogP contribution >= 0.6 is 23.5 Å². The second kappa shape index (κ2) is 9.14. The summed E-state index contributed by atoms with van der Waals surface area (Å²) in [5.41, 5.74) is 1.42. The molecule has 0 aliphatic rings. The van der Waals surface area contributed by atoms with Gasteiger partial charge in [0.2, 0.25) is 16.6 Å². The highest BCUT2D eigenvalue weighted by molar-refractivity contribution is 7.99. The maximum atomic E-state index is 12.7. The fourth-order valence-corrected chi connectivity index (χ4v) is 4.00. The van der Waals surface area contributed by atoms with E-state index >= 15 is 0 Å². The number of Topliss-reactive ketones (excluding diaryl/α,β-unsaturated/α-hetero) is 1. The van der Waals surface area contributed by atoms with Gasteiger partial charge in [0.05, 0.1) is 16.8 Å². The maximum Gasteiger partial charge on any atom is 0.307 e. The third kappa shape index (κ3) is 4.67. The number of ketones is 1. The van der Waals surface area contributed by atoms with Crippen LogP contribution in [0.4, 0.5) is 0 Å². The van der Waals surface area contributed by atoms with Crippen LogP contribution in [0.25, 0.3) is 5.69 Å². The van der Waals surface area contributed by atoms with E-state index in [1.807, 2.05) is 19.1 Å². The summed E-state index contributed by atoms with van der Waals surface area (Å²) < 4.78 is 7.20. The molecule has 0 unspecified atom stereocenters. The summed E-state index contributed by atoms with van der Waals surface area (Å²) >= 11 is 2.42. The first-order valence-corrected chi connectivity index (χ1v) is 10.9. The Morgan fingerprint density at radius 3 is 2.68 bits per heavy atom. The van der Waals surface area contributed by atoms with Gasteiger partial charge >= 0.3 is 5.69 Å². The van der Waals surface area contributed by atoms with Crippen LogP contribution in [0.5, 0.6) is 5.95 Å². The van der Waals surface area contributed by atoms with Gasteiger partial charge in [0.25, 0.3) is 0 Å². The molecule has 0 spiro atoms. The minimum atomic E-state index is -0.805. The van der Waals surface area contributed by atoms with Crippen molar-refractivity contribution in [2.75, 3.05) is 11.6 Å². The lowest BCUT2D eigenvalue weighted by atomic mass is 10.2. The molecule has 0 fully saturated rings. The lowest BCUT2D eigenvalue weighted by Crippen LogP contribution is -2.39. The van der Waals surface area contributed by atoms with Gasteiger partial charge in [-0.3, -0.25) is 4.79 Å². The van der Waals surface area contributed by atoms with E-state index in [1.165, 1.54) is 21.1 Å². The van der Waals surface area contributed by atoms with E-state index in [-0.39, 0.29) is 11.4 Å². The topological polar surface area (TPSA) is 153 Å². The molecule has 0 amide bonds. The summed E-state index contributed by atoms with van der Waals surface area (Å²) in [5.74, 6) is 5.59. The van der Waals surface area contributed by atoms with Crippen molar-refractivity contribution >= 4 is 29.3 Å². The molecule has 1 aromatic carbocycles. The van der Waals surface area contributed by atoms with Crippen molar-refractivity contribution in [3.05, 3.63) is 59.8 Å². The highest BCUT2D eigenvalue weighted by atomic mass is 32.2. The van der Waals surface area contributed by atoms with Crippen LogP contribution in [0.2, 0.25) is 0 Å². The van der Waals surface area contributed by atoms with E-state index in [0.717, 1.165) is 17.3 Å². The first kappa shape index (κ1) is 20.8. The van der Waals surface area contributed by atoms with Crippen molar-refractivity contribution in [3.8, 4) is 11.6 Å². The zero-order valence-electron chi connectivity index (χ0n) is 16.2. The quantitative estimate of drug-likeness (QED) is 0.131. The van der Waals surface area contributed by atoms with Gasteiger partial charge < -0.3 is 15.5 Å². The molecule has 0 bridgehead atoms. The fraction of sp³-hybridized carbons (Fsp3) is 0.167. The molecule has 11 nitrogen and oxygen atoms in total. The number of hydrogen-bond acceptors (Lipinski definition) is 11. The van der Waals surface area contributed by atoms with Gasteiger partial charge in [-0.1, -0.05) is 41.2 Å². The first-order valence-electron chi connectivity index (χ1n) is 8.94. The molecule has 0 saturated carbocycles. The summed E-state index contributed by atoms with van der Waals surface area (Å²) in [6.07, 6.45) is 3.29. The number of nitrogens with two attached hydrogens (primary N) is 1. The van der Waals surface area contributed by atoms with Gasteiger partial charge in [0, 0.05) is 24.5 Å². The van der Waals surface area contributed by atoms with Crippen molar-refractivity contribution in [2.45, 2.75) is 23.0 Å². The molecule has 2 N–H and O–H groups in total. The molecular formula is C18H16N8O3S2. The highest BCUT2D eigenvalue weighted by Gasteiger charge is 2.28. The number of carbonyl (C=O) groups is 1. The zero-order valence-corrected chi connectivity index (χ0v) is 17.8. The molecule has 3 heterocycles. The molecule has 3 aromatic heterocycles. The second-order valence-electron chi connectivity index (χ2n) is 6.26. The zero-order chi connectivity index (χ0) is 21.8.